The molecule has 0 bridgehead atoms. The molecule has 0 saturated carbocycles. The van der Waals surface area contributed by atoms with Gasteiger partial charge in [-0.05, 0) is 20.3 Å². The zero-order chi connectivity index (χ0) is 8.55. The van der Waals surface area contributed by atoms with Gasteiger partial charge in [-0.2, -0.15) is 5.10 Å². The first-order chi connectivity index (χ1) is 5.77. The molecule has 2 heterocycles. The van der Waals surface area contributed by atoms with Gasteiger partial charge in [-0.1, -0.05) is 0 Å². The zero-order valence-electron chi connectivity index (χ0n) is 7.44. The van der Waals surface area contributed by atoms with Crippen molar-refractivity contribution < 1.29 is 0 Å². The molecule has 0 saturated heterocycles. The Morgan fingerprint density at radius 2 is 2.33 bits per heavy atom. The summed E-state index contributed by atoms with van der Waals surface area (Å²) < 4.78 is 0. The summed E-state index contributed by atoms with van der Waals surface area (Å²) in [5, 5.41) is 13.8. The molecule has 2 rings (SSSR count). The minimum atomic E-state index is 0.501. The molecule has 1 aromatic heterocycles. The molecular formula is C8H14N4. The van der Waals surface area contributed by atoms with Gasteiger partial charge in [0.2, 0.25) is 0 Å². The molecular weight excluding hydrogens is 152 g/mol. The van der Waals surface area contributed by atoms with E-state index >= 15 is 0 Å². The third-order valence-electron chi connectivity index (χ3n) is 2.21. The minimum Gasteiger partial charge on any atom is -0.380 e. The number of aromatic nitrogens is 2. The van der Waals surface area contributed by atoms with Gasteiger partial charge in [0, 0.05) is 12.6 Å². The molecule has 4 heteroatoms. The van der Waals surface area contributed by atoms with E-state index in [1.54, 1.807) is 0 Å². The van der Waals surface area contributed by atoms with E-state index in [-0.39, 0.29) is 0 Å². The highest BCUT2D eigenvalue weighted by molar-refractivity contribution is 5.68. The smallest absolute Gasteiger partial charge is 0.171 e. The van der Waals surface area contributed by atoms with Crippen LogP contribution in [0.3, 0.4) is 0 Å². The Hall–Kier alpha value is -1.19. The van der Waals surface area contributed by atoms with Gasteiger partial charge >= 0.3 is 0 Å². The molecule has 1 unspecified atom stereocenters. The predicted octanol–water partition coefficient (Wildman–Crippen LogP) is 1.33. The van der Waals surface area contributed by atoms with Crippen molar-refractivity contribution in [3.63, 3.8) is 0 Å². The second-order valence-electron chi connectivity index (χ2n) is 3.33. The second kappa shape index (κ2) is 2.69. The summed E-state index contributed by atoms with van der Waals surface area (Å²) in [7, 11) is 0. The third-order valence-corrected chi connectivity index (χ3v) is 2.21. The van der Waals surface area contributed by atoms with Crippen LogP contribution in [-0.4, -0.2) is 22.8 Å². The van der Waals surface area contributed by atoms with Crippen LogP contribution in [0.15, 0.2) is 0 Å². The fraction of sp³-hybridized carbons (Fsp3) is 0.625. The number of aryl methyl sites for hydroxylation is 1. The summed E-state index contributed by atoms with van der Waals surface area (Å²) in [6.07, 6.45) is 1.13. The Kier molecular flexibility index (Phi) is 1.67. The van der Waals surface area contributed by atoms with E-state index in [0.717, 1.165) is 30.2 Å². The van der Waals surface area contributed by atoms with Crippen LogP contribution in [0, 0.1) is 6.92 Å². The topological polar surface area (TPSA) is 52.7 Å². The number of anilines is 2. The number of fused-ring (bicyclic) bond motifs is 1. The highest BCUT2D eigenvalue weighted by Crippen LogP contribution is 2.25. The molecule has 0 spiro atoms. The highest BCUT2D eigenvalue weighted by Gasteiger charge is 2.15. The number of rotatable bonds is 0. The standard InChI is InChI=1S/C8H14N4/c1-5-3-4-9-7-6(2)11-12-8(7)10-5/h5,9H,3-4H2,1-2H3,(H2,10,11,12). The molecule has 4 nitrogen and oxygen atoms in total. The lowest BCUT2D eigenvalue weighted by molar-refractivity contribution is 0.739. The average Bonchev–Trinajstić information content (AvgIpc) is 2.31. The van der Waals surface area contributed by atoms with Crippen molar-refractivity contribution >= 4 is 11.5 Å². The molecule has 1 atom stereocenters. The quantitative estimate of drug-likeness (QED) is 0.545. The number of hydrogen-bond donors (Lipinski definition) is 3. The van der Waals surface area contributed by atoms with Crippen molar-refractivity contribution in [3.8, 4) is 0 Å². The highest BCUT2D eigenvalue weighted by atomic mass is 15.2. The van der Waals surface area contributed by atoms with E-state index in [9.17, 15) is 0 Å². The maximum absolute atomic E-state index is 4.17. The van der Waals surface area contributed by atoms with E-state index in [1.165, 1.54) is 0 Å². The Morgan fingerprint density at radius 1 is 1.50 bits per heavy atom. The van der Waals surface area contributed by atoms with E-state index in [2.05, 4.69) is 27.8 Å². The van der Waals surface area contributed by atoms with Gasteiger partial charge in [0.15, 0.2) is 5.82 Å². The molecule has 0 aliphatic carbocycles. The number of nitrogens with one attached hydrogen (secondary N) is 3. The van der Waals surface area contributed by atoms with Crippen molar-refractivity contribution in [2.45, 2.75) is 26.3 Å². The third kappa shape index (κ3) is 1.13. The fourth-order valence-electron chi connectivity index (χ4n) is 1.47. The summed E-state index contributed by atoms with van der Waals surface area (Å²) in [6, 6.07) is 0.501. The number of H-pyrrole nitrogens is 1. The molecule has 0 aromatic carbocycles. The molecule has 0 amide bonds. The molecule has 1 aliphatic heterocycles. The Labute approximate surface area is 71.7 Å². The number of aromatic amines is 1. The van der Waals surface area contributed by atoms with Crippen LogP contribution in [-0.2, 0) is 0 Å². The van der Waals surface area contributed by atoms with Crippen molar-refractivity contribution in [3.05, 3.63) is 5.69 Å². The molecule has 0 radical (unpaired) electrons. The maximum Gasteiger partial charge on any atom is 0.171 e. The zero-order valence-corrected chi connectivity index (χ0v) is 7.44. The lowest BCUT2D eigenvalue weighted by atomic mass is 10.2. The summed E-state index contributed by atoms with van der Waals surface area (Å²) in [5.41, 5.74) is 2.23. The van der Waals surface area contributed by atoms with Gasteiger partial charge < -0.3 is 10.6 Å². The van der Waals surface area contributed by atoms with Gasteiger partial charge in [0.25, 0.3) is 0 Å². The van der Waals surface area contributed by atoms with E-state index in [4.69, 9.17) is 0 Å². The maximum atomic E-state index is 4.17. The average molecular weight is 166 g/mol. The van der Waals surface area contributed by atoms with Crippen molar-refractivity contribution in [2.75, 3.05) is 17.2 Å². The number of hydrogen-bond acceptors (Lipinski definition) is 3. The van der Waals surface area contributed by atoms with E-state index in [0.29, 0.717) is 6.04 Å². The van der Waals surface area contributed by atoms with Crippen LogP contribution in [0.25, 0.3) is 0 Å². The van der Waals surface area contributed by atoms with Crippen LogP contribution < -0.4 is 10.6 Å². The van der Waals surface area contributed by atoms with Gasteiger partial charge in [0.1, 0.15) is 0 Å². The molecule has 0 fully saturated rings. The van der Waals surface area contributed by atoms with Crippen LogP contribution in [0.4, 0.5) is 11.5 Å². The van der Waals surface area contributed by atoms with Crippen molar-refractivity contribution in [1.82, 2.24) is 10.2 Å². The largest absolute Gasteiger partial charge is 0.380 e. The SMILES string of the molecule is Cc1[nH]nc2c1NCCC(C)N2. The Balaban J connectivity index is 2.32. The van der Waals surface area contributed by atoms with Crippen molar-refractivity contribution in [1.29, 1.82) is 0 Å². The second-order valence-corrected chi connectivity index (χ2v) is 3.33. The lowest BCUT2D eigenvalue weighted by Crippen LogP contribution is -2.15. The lowest BCUT2D eigenvalue weighted by Gasteiger charge is -2.07. The first-order valence-corrected chi connectivity index (χ1v) is 4.33. The van der Waals surface area contributed by atoms with Gasteiger partial charge in [-0.3, -0.25) is 5.10 Å². The van der Waals surface area contributed by atoms with Gasteiger partial charge in [-0.25, -0.2) is 0 Å². The molecule has 1 aromatic rings. The summed E-state index contributed by atoms with van der Waals surface area (Å²) in [6.45, 7) is 5.21. The minimum absolute atomic E-state index is 0.501. The summed E-state index contributed by atoms with van der Waals surface area (Å²) in [4.78, 5) is 0. The van der Waals surface area contributed by atoms with Gasteiger partial charge in [-0.15, -0.1) is 0 Å². The molecule has 1 aliphatic rings. The van der Waals surface area contributed by atoms with Crippen LogP contribution >= 0.6 is 0 Å². The van der Waals surface area contributed by atoms with Gasteiger partial charge in [0.05, 0.1) is 11.4 Å². The van der Waals surface area contributed by atoms with E-state index < -0.39 is 0 Å². The summed E-state index contributed by atoms with van der Waals surface area (Å²) >= 11 is 0. The fourth-order valence-corrected chi connectivity index (χ4v) is 1.47. The molecule has 12 heavy (non-hydrogen) atoms. The van der Waals surface area contributed by atoms with E-state index in [1.807, 2.05) is 6.92 Å². The van der Waals surface area contributed by atoms with Crippen molar-refractivity contribution in [2.24, 2.45) is 0 Å². The first-order valence-electron chi connectivity index (χ1n) is 4.33. The van der Waals surface area contributed by atoms with Crippen LogP contribution in [0.2, 0.25) is 0 Å². The number of nitrogens with zero attached hydrogens (tertiary/aromatic N) is 1. The molecule has 3 N–H and O–H groups in total. The first kappa shape index (κ1) is 7.46. The Bertz CT molecular complexity index is 279. The normalized spacial score (nSPS) is 22.0. The monoisotopic (exact) mass is 166 g/mol. The predicted molar refractivity (Wildman–Crippen MR) is 49.5 cm³/mol. The molecule has 66 valence electrons. The Morgan fingerprint density at radius 3 is 3.17 bits per heavy atom. The van der Waals surface area contributed by atoms with Crippen LogP contribution in [0.1, 0.15) is 19.0 Å². The van der Waals surface area contributed by atoms with Crippen LogP contribution in [0.5, 0.6) is 0 Å². The summed E-state index contributed by atoms with van der Waals surface area (Å²) in [5.74, 6) is 0.956.